The predicted molar refractivity (Wildman–Crippen MR) is 98.4 cm³/mol. The van der Waals surface area contributed by atoms with Crippen LogP contribution >= 0.6 is 0 Å². The molecule has 0 radical (unpaired) electrons. The minimum absolute atomic E-state index is 0.147. The molecular weight excluding hydrogens is 347 g/mol. The highest BCUT2D eigenvalue weighted by Crippen LogP contribution is 2.18. The summed E-state index contributed by atoms with van der Waals surface area (Å²) in [5, 5.41) is 0. The Bertz CT molecular complexity index is 964. The second-order valence-corrected chi connectivity index (χ2v) is 6.37. The number of carbonyl (C=O) groups is 1. The van der Waals surface area contributed by atoms with E-state index >= 15 is 0 Å². The van der Waals surface area contributed by atoms with Gasteiger partial charge in [0.25, 0.3) is 5.91 Å². The van der Waals surface area contributed by atoms with Gasteiger partial charge in [0, 0.05) is 50.2 Å². The summed E-state index contributed by atoms with van der Waals surface area (Å²) in [6.07, 6.45) is 5.12. The van der Waals surface area contributed by atoms with E-state index in [4.69, 9.17) is 0 Å². The highest BCUT2D eigenvalue weighted by atomic mass is 19.1. The lowest BCUT2D eigenvalue weighted by atomic mass is 10.1. The third kappa shape index (κ3) is 3.51. The van der Waals surface area contributed by atoms with Crippen molar-refractivity contribution in [1.29, 1.82) is 0 Å². The molecule has 3 aromatic rings. The lowest BCUT2D eigenvalue weighted by Crippen LogP contribution is -2.49. The van der Waals surface area contributed by atoms with Crippen molar-refractivity contribution in [3.8, 4) is 5.82 Å². The summed E-state index contributed by atoms with van der Waals surface area (Å²) in [5.41, 5.74) is 0.378. The van der Waals surface area contributed by atoms with Crippen LogP contribution in [-0.2, 0) is 0 Å². The third-order valence-corrected chi connectivity index (χ3v) is 4.67. The van der Waals surface area contributed by atoms with Gasteiger partial charge < -0.3 is 9.80 Å². The van der Waals surface area contributed by atoms with Crippen LogP contribution in [0.3, 0.4) is 0 Å². The van der Waals surface area contributed by atoms with Crippen LogP contribution in [0, 0.1) is 12.7 Å². The molecule has 1 aliphatic heterocycles. The monoisotopic (exact) mass is 366 g/mol. The number of halogens is 1. The Morgan fingerprint density at radius 3 is 2.52 bits per heavy atom. The molecule has 2 aromatic heterocycles. The van der Waals surface area contributed by atoms with Gasteiger partial charge in [0.05, 0.1) is 0 Å². The quantitative estimate of drug-likeness (QED) is 0.710. The topological polar surface area (TPSA) is 67.2 Å². The van der Waals surface area contributed by atoms with Crippen LogP contribution in [0.15, 0.2) is 49.1 Å². The van der Waals surface area contributed by atoms with Crippen molar-refractivity contribution in [3.05, 3.63) is 66.3 Å². The summed E-state index contributed by atoms with van der Waals surface area (Å²) >= 11 is 0. The Balaban J connectivity index is 1.45. The molecule has 0 saturated carbocycles. The van der Waals surface area contributed by atoms with Crippen LogP contribution in [0.25, 0.3) is 5.82 Å². The molecule has 0 bridgehead atoms. The average Bonchev–Trinajstić information content (AvgIpc) is 3.13. The molecule has 0 aliphatic carbocycles. The van der Waals surface area contributed by atoms with E-state index in [0.717, 1.165) is 17.5 Å². The minimum Gasteiger partial charge on any atom is -0.353 e. The number of anilines is 1. The van der Waals surface area contributed by atoms with Crippen LogP contribution in [-0.4, -0.2) is 56.5 Å². The number of aromatic nitrogens is 4. The first-order valence-electron chi connectivity index (χ1n) is 8.74. The summed E-state index contributed by atoms with van der Waals surface area (Å²) in [4.78, 5) is 29.3. The molecule has 0 unspecified atom stereocenters. The number of benzene rings is 1. The summed E-state index contributed by atoms with van der Waals surface area (Å²) in [6, 6.07) is 7.72. The molecule has 1 saturated heterocycles. The van der Waals surface area contributed by atoms with E-state index in [2.05, 4.69) is 19.9 Å². The van der Waals surface area contributed by atoms with Crippen molar-refractivity contribution in [1.82, 2.24) is 24.4 Å². The van der Waals surface area contributed by atoms with Crippen molar-refractivity contribution in [3.63, 3.8) is 0 Å². The van der Waals surface area contributed by atoms with Crippen molar-refractivity contribution in [2.45, 2.75) is 6.92 Å². The van der Waals surface area contributed by atoms with Gasteiger partial charge in [-0.15, -0.1) is 0 Å². The van der Waals surface area contributed by atoms with Gasteiger partial charge in [0.15, 0.2) is 0 Å². The Labute approximate surface area is 156 Å². The van der Waals surface area contributed by atoms with Crippen LogP contribution in [0.1, 0.15) is 16.2 Å². The zero-order chi connectivity index (χ0) is 18.8. The summed E-state index contributed by atoms with van der Waals surface area (Å²) in [6.45, 7) is 4.33. The third-order valence-electron chi connectivity index (χ3n) is 4.67. The molecule has 1 aliphatic rings. The number of imidazole rings is 1. The van der Waals surface area contributed by atoms with E-state index in [1.165, 1.54) is 18.5 Å². The highest BCUT2D eigenvalue weighted by molar-refractivity contribution is 5.94. The molecule has 0 spiro atoms. The number of amides is 1. The van der Waals surface area contributed by atoms with Crippen molar-refractivity contribution >= 4 is 11.7 Å². The van der Waals surface area contributed by atoms with E-state index in [1.54, 1.807) is 23.2 Å². The fourth-order valence-corrected chi connectivity index (χ4v) is 3.20. The van der Waals surface area contributed by atoms with Gasteiger partial charge in [-0.3, -0.25) is 9.36 Å². The Hall–Kier alpha value is -3.29. The molecule has 4 rings (SSSR count). The first kappa shape index (κ1) is 17.1. The van der Waals surface area contributed by atoms with Crippen molar-refractivity contribution in [2.75, 3.05) is 31.1 Å². The molecular formula is C19H19FN6O. The number of rotatable bonds is 3. The van der Waals surface area contributed by atoms with Gasteiger partial charge in [-0.05, 0) is 25.1 Å². The largest absolute Gasteiger partial charge is 0.353 e. The SMILES string of the molecule is Cc1nccn1-c1cc(N2CCN(C(=O)c3cccc(F)c3)CC2)ncn1. The molecule has 1 aromatic carbocycles. The maximum atomic E-state index is 13.4. The van der Waals surface area contributed by atoms with Gasteiger partial charge in [0.1, 0.15) is 29.6 Å². The number of carbonyl (C=O) groups excluding carboxylic acids is 1. The second-order valence-electron chi connectivity index (χ2n) is 6.37. The Kier molecular flexibility index (Phi) is 4.53. The fraction of sp³-hybridized carbons (Fsp3) is 0.263. The first-order valence-corrected chi connectivity index (χ1v) is 8.74. The average molecular weight is 366 g/mol. The molecule has 8 heteroatoms. The van der Waals surface area contributed by atoms with Crippen LogP contribution in [0.5, 0.6) is 0 Å². The van der Waals surface area contributed by atoms with E-state index in [1.807, 2.05) is 23.8 Å². The zero-order valence-electron chi connectivity index (χ0n) is 14.9. The molecule has 1 fully saturated rings. The standard InChI is InChI=1S/C19H19FN6O/c1-14-21-5-6-26(14)18-12-17(22-13-23-18)24-7-9-25(10-8-24)19(27)15-3-2-4-16(20)11-15/h2-6,11-13H,7-10H2,1H3. The smallest absolute Gasteiger partial charge is 0.254 e. The fourth-order valence-electron chi connectivity index (χ4n) is 3.20. The zero-order valence-corrected chi connectivity index (χ0v) is 14.9. The predicted octanol–water partition coefficient (Wildman–Crippen LogP) is 2.07. The number of piperazine rings is 1. The van der Waals surface area contributed by atoms with Crippen LogP contribution in [0.2, 0.25) is 0 Å². The molecule has 7 nitrogen and oxygen atoms in total. The molecule has 138 valence electrons. The lowest BCUT2D eigenvalue weighted by Gasteiger charge is -2.35. The number of nitrogens with zero attached hydrogens (tertiary/aromatic N) is 6. The Morgan fingerprint density at radius 1 is 1.04 bits per heavy atom. The number of hydrogen-bond acceptors (Lipinski definition) is 5. The number of hydrogen-bond donors (Lipinski definition) is 0. The van der Waals surface area contributed by atoms with Gasteiger partial charge in [0.2, 0.25) is 0 Å². The molecule has 0 atom stereocenters. The van der Waals surface area contributed by atoms with Gasteiger partial charge in [-0.25, -0.2) is 19.3 Å². The van der Waals surface area contributed by atoms with E-state index in [9.17, 15) is 9.18 Å². The van der Waals surface area contributed by atoms with Crippen molar-refractivity contribution < 1.29 is 9.18 Å². The van der Waals surface area contributed by atoms with E-state index < -0.39 is 5.82 Å². The molecule has 1 amide bonds. The van der Waals surface area contributed by atoms with Crippen LogP contribution in [0.4, 0.5) is 10.2 Å². The normalized spacial score (nSPS) is 14.4. The molecule has 0 N–H and O–H groups in total. The summed E-state index contributed by atoms with van der Waals surface area (Å²) in [7, 11) is 0. The highest BCUT2D eigenvalue weighted by Gasteiger charge is 2.23. The second kappa shape index (κ2) is 7.14. The minimum atomic E-state index is -0.400. The molecule has 3 heterocycles. The van der Waals surface area contributed by atoms with E-state index in [0.29, 0.717) is 31.7 Å². The molecule has 27 heavy (non-hydrogen) atoms. The summed E-state index contributed by atoms with van der Waals surface area (Å²) < 4.78 is 15.3. The summed E-state index contributed by atoms with van der Waals surface area (Å²) in [5.74, 6) is 1.87. The van der Waals surface area contributed by atoms with Gasteiger partial charge in [-0.2, -0.15) is 0 Å². The van der Waals surface area contributed by atoms with Gasteiger partial charge in [-0.1, -0.05) is 6.07 Å². The van der Waals surface area contributed by atoms with Gasteiger partial charge >= 0.3 is 0 Å². The first-order chi connectivity index (χ1) is 13.1. The van der Waals surface area contributed by atoms with Crippen molar-refractivity contribution in [2.24, 2.45) is 0 Å². The maximum Gasteiger partial charge on any atom is 0.254 e. The van der Waals surface area contributed by atoms with Crippen LogP contribution < -0.4 is 4.90 Å². The Morgan fingerprint density at radius 2 is 1.81 bits per heavy atom. The number of aryl methyl sites for hydroxylation is 1. The maximum absolute atomic E-state index is 13.4. The lowest BCUT2D eigenvalue weighted by molar-refractivity contribution is 0.0746. The van der Waals surface area contributed by atoms with E-state index in [-0.39, 0.29) is 5.91 Å².